The maximum Gasteiger partial charge on any atom is 0.152 e. The summed E-state index contributed by atoms with van der Waals surface area (Å²) in [5.41, 5.74) is 2.30. The van der Waals surface area contributed by atoms with Gasteiger partial charge in [-0.25, -0.2) is 8.42 Å². The molecule has 1 atom stereocenters. The van der Waals surface area contributed by atoms with E-state index < -0.39 is 9.84 Å². The third kappa shape index (κ3) is 4.42. The number of sulfone groups is 1. The average molecular weight is 269 g/mol. The van der Waals surface area contributed by atoms with Gasteiger partial charge < -0.3 is 5.32 Å². The summed E-state index contributed by atoms with van der Waals surface area (Å²) in [5.74, 6) is 0.432. The fourth-order valence-electron chi connectivity index (χ4n) is 1.98. The standard InChI is InChI=1S/C14H23NO2S/c1-4-10-18(16,17)11-14(15-3)13-8-6-12(5-2)7-9-13/h6-9,14-15H,4-5,10-11H2,1-3H3. The average Bonchev–Trinajstić information content (AvgIpc) is 2.36. The van der Waals surface area contributed by atoms with Gasteiger partial charge in [0.2, 0.25) is 0 Å². The molecule has 0 spiro atoms. The van der Waals surface area contributed by atoms with Gasteiger partial charge in [-0.2, -0.15) is 0 Å². The minimum absolute atomic E-state index is 0.118. The molecule has 0 saturated heterocycles. The summed E-state index contributed by atoms with van der Waals surface area (Å²) in [6.45, 7) is 4.00. The Morgan fingerprint density at radius 3 is 2.22 bits per heavy atom. The lowest BCUT2D eigenvalue weighted by Gasteiger charge is -2.17. The molecular weight excluding hydrogens is 246 g/mol. The molecule has 1 N–H and O–H groups in total. The van der Waals surface area contributed by atoms with Gasteiger partial charge in [0.1, 0.15) is 0 Å². The van der Waals surface area contributed by atoms with Crippen LogP contribution in [-0.4, -0.2) is 27.0 Å². The van der Waals surface area contributed by atoms with Crippen molar-refractivity contribution in [2.45, 2.75) is 32.7 Å². The van der Waals surface area contributed by atoms with Crippen LogP contribution in [0.3, 0.4) is 0 Å². The van der Waals surface area contributed by atoms with E-state index in [4.69, 9.17) is 0 Å². The predicted molar refractivity (Wildman–Crippen MR) is 76.6 cm³/mol. The van der Waals surface area contributed by atoms with Crippen LogP contribution in [0.5, 0.6) is 0 Å². The minimum Gasteiger partial charge on any atom is -0.312 e. The van der Waals surface area contributed by atoms with Crippen molar-refractivity contribution in [2.24, 2.45) is 0 Å². The normalized spacial score (nSPS) is 13.5. The van der Waals surface area contributed by atoms with E-state index in [1.165, 1.54) is 5.56 Å². The van der Waals surface area contributed by atoms with Crippen molar-refractivity contribution in [3.05, 3.63) is 35.4 Å². The zero-order valence-corrected chi connectivity index (χ0v) is 12.3. The molecule has 102 valence electrons. The van der Waals surface area contributed by atoms with Crippen LogP contribution in [0, 0.1) is 0 Å². The fourth-order valence-corrected chi connectivity index (χ4v) is 3.64. The lowest BCUT2D eigenvalue weighted by atomic mass is 10.1. The maximum atomic E-state index is 11.9. The smallest absolute Gasteiger partial charge is 0.152 e. The molecule has 0 heterocycles. The van der Waals surface area contributed by atoms with E-state index in [1.807, 2.05) is 19.1 Å². The Hall–Kier alpha value is -0.870. The van der Waals surface area contributed by atoms with Gasteiger partial charge >= 0.3 is 0 Å². The van der Waals surface area contributed by atoms with Crippen LogP contribution in [-0.2, 0) is 16.3 Å². The zero-order valence-electron chi connectivity index (χ0n) is 11.4. The molecule has 18 heavy (non-hydrogen) atoms. The third-order valence-electron chi connectivity index (χ3n) is 3.07. The maximum absolute atomic E-state index is 11.9. The monoisotopic (exact) mass is 269 g/mol. The Morgan fingerprint density at radius 1 is 1.17 bits per heavy atom. The highest BCUT2D eigenvalue weighted by Gasteiger charge is 2.18. The Kier molecular flexibility index (Phi) is 5.82. The Morgan fingerprint density at radius 2 is 1.78 bits per heavy atom. The number of hydrogen-bond donors (Lipinski definition) is 1. The minimum atomic E-state index is -2.97. The second-order valence-electron chi connectivity index (χ2n) is 4.55. The van der Waals surface area contributed by atoms with Crippen molar-refractivity contribution in [1.82, 2.24) is 5.32 Å². The SMILES string of the molecule is CCCS(=O)(=O)CC(NC)c1ccc(CC)cc1. The molecule has 0 aromatic heterocycles. The second-order valence-corrected chi connectivity index (χ2v) is 6.78. The quantitative estimate of drug-likeness (QED) is 0.826. The summed E-state index contributed by atoms with van der Waals surface area (Å²) in [7, 11) is -1.16. The van der Waals surface area contributed by atoms with E-state index in [0.29, 0.717) is 6.42 Å². The van der Waals surface area contributed by atoms with Crippen molar-refractivity contribution in [1.29, 1.82) is 0 Å². The fraction of sp³-hybridized carbons (Fsp3) is 0.571. The highest BCUT2D eigenvalue weighted by molar-refractivity contribution is 7.91. The summed E-state index contributed by atoms with van der Waals surface area (Å²) in [6.07, 6.45) is 1.67. The second kappa shape index (κ2) is 6.90. The first-order valence-electron chi connectivity index (χ1n) is 6.49. The van der Waals surface area contributed by atoms with Gasteiger partial charge in [0.25, 0.3) is 0 Å². The Labute approximate surface area is 111 Å². The highest BCUT2D eigenvalue weighted by atomic mass is 32.2. The van der Waals surface area contributed by atoms with Crippen molar-refractivity contribution in [3.8, 4) is 0 Å². The van der Waals surface area contributed by atoms with Crippen molar-refractivity contribution >= 4 is 9.84 Å². The lowest BCUT2D eigenvalue weighted by molar-refractivity contribution is 0.573. The lowest BCUT2D eigenvalue weighted by Crippen LogP contribution is -2.26. The molecule has 0 fully saturated rings. The Bertz CT molecular complexity index is 451. The first-order valence-corrected chi connectivity index (χ1v) is 8.31. The number of aryl methyl sites for hydroxylation is 1. The van der Waals surface area contributed by atoms with E-state index in [9.17, 15) is 8.42 Å². The largest absolute Gasteiger partial charge is 0.312 e. The topological polar surface area (TPSA) is 46.2 Å². The molecular formula is C14H23NO2S. The molecule has 1 unspecified atom stereocenters. The molecule has 1 aromatic rings. The van der Waals surface area contributed by atoms with Crippen LogP contribution >= 0.6 is 0 Å². The van der Waals surface area contributed by atoms with Crippen LogP contribution in [0.4, 0.5) is 0 Å². The number of rotatable bonds is 7. The number of nitrogens with one attached hydrogen (secondary N) is 1. The number of benzene rings is 1. The van der Waals surface area contributed by atoms with Crippen LogP contribution in [0.15, 0.2) is 24.3 Å². The molecule has 0 amide bonds. The van der Waals surface area contributed by atoms with Crippen LogP contribution in [0.1, 0.15) is 37.4 Å². The highest BCUT2D eigenvalue weighted by Crippen LogP contribution is 2.16. The van der Waals surface area contributed by atoms with Gasteiger partial charge in [0.15, 0.2) is 9.84 Å². The van der Waals surface area contributed by atoms with E-state index in [2.05, 4.69) is 24.4 Å². The van der Waals surface area contributed by atoms with Gasteiger partial charge in [-0.3, -0.25) is 0 Å². The zero-order chi connectivity index (χ0) is 13.6. The Balaban J connectivity index is 2.82. The third-order valence-corrected chi connectivity index (χ3v) is 4.95. The van der Waals surface area contributed by atoms with Gasteiger partial charge in [-0.15, -0.1) is 0 Å². The molecule has 1 aromatic carbocycles. The van der Waals surface area contributed by atoms with Crippen LogP contribution in [0.2, 0.25) is 0 Å². The van der Waals surface area contributed by atoms with Crippen molar-refractivity contribution in [3.63, 3.8) is 0 Å². The molecule has 0 aliphatic heterocycles. The molecule has 3 nitrogen and oxygen atoms in total. The van der Waals surface area contributed by atoms with E-state index in [-0.39, 0.29) is 17.5 Å². The van der Waals surface area contributed by atoms with Crippen LogP contribution < -0.4 is 5.32 Å². The van der Waals surface area contributed by atoms with E-state index in [1.54, 1.807) is 7.05 Å². The molecule has 0 aliphatic carbocycles. The van der Waals surface area contributed by atoms with Gasteiger partial charge in [0, 0.05) is 11.8 Å². The van der Waals surface area contributed by atoms with Crippen LogP contribution in [0.25, 0.3) is 0 Å². The summed E-state index contributed by atoms with van der Waals surface area (Å²) < 4.78 is 23.7. The first-order chi connectivity index (χ1) is 8.52. The molecule has 1 rings (SSSR count). The van der Waals surface area contributed by atoms with Gasteiger partial charge in [0.05, 0.1) is 5.75 Å². The summed E-state index contributed by atoms with van der Waals surface area (Å²) in [4.78, 5) is 0. The van der Waals surface area contributed by atoms with Crippen molar-refractivity contribution < 1.29 is 8.42 Å². The summed E-state index contributed by atoms with van der Waals surface area (Å²) in [5, 5.41) is 3.09. The molecule has 0 bridgehead atoms. The van der Waals surface area contributed by atoms with E-state index >= 15 is 0 Å². The van der Waals surface area contributed by atoms with Crippen molar-refractivity contribution in [2.75, 3.05) is 18.6 Å². The van der Waals surface area contributed by atoms with Gasteiger partial charge in [-0.05, 0) is 31.0 Å². The molecule has 0 radical (unpaired) electrons. The molecule has 4 heteroatoms. The molecule has 0 saturated carbocycles. The molecule has 0 aliphatic rings. The summed E-state index contributed by atoms with van der Waals surface area (Å²) in [6, 6.07) is 8.04. The predicted octanol–water partition coefficient (Wildman–Crippen LogP) is 2.33. The number of hydrogen-bond acceptors (Lipinski definition) is 3. The summed E-state index contributed by atoms with van der Waals surface area (Å²) >= 11 is 0. The van der Waals surface area contributed by atoms with E-state index in [0.717, 1.165) is 12.0 Å². The first kappa shape index (κ1) is 15.2. The van der Waals surface area contributed by atoms with Gasteiger partial charge in [-0.1, -0.05) is 38.1 Å².